The van der Waals surface area contributed by atoms with Gasteiger partial charge < -0.3 is 0 Å². The van der Waals surface area contributed by atoms with Crippen LogP contribution < -0.4 is 0 Å². The number of carbonyl (C=O) groups is 6. The molecule has 0 spiro atoms. The maximum atomic E-state index is 12.7. The van der Waals surface area contributed by atoms with Crippen molar-refractivity contribution in [2.45, 2.75) is 581 Å². The predicted octanol–water partition coefficient (Wildman–Crippen LogP) is 32.1. The van der Waals surface area contributed by atoms with Crippen molar-refractivity contribution in [1.29, 1.82) is 0 Å². The van der Waals surface area contributed by atoms with E-state index in [1.165, 1.54) is 385 Å². The van der Waals surface area contributed by atoms with E-state index in [1.807, 2.05) is 0 Å². The molecule has 0 saturated carbocycles. The first-order valence-electron chi connectivity index (χ1n) is 49.2. The molecule has 14 heteroatoms. The van der Waals surface area contributed by atoms with Gasteiger partial charge >= 0.3 is 509 Å². The monoisotopic (exact) mass is 1720 g/mol. The molecule has 0 radical (unpaired) electrons. The minimum atomic E-state index is -4.07. The molecule has 0 aliphatic carbocycles. The summed E-state index contributed by atoms with van der Waals surface area (Å²) in [5.74, 6) is -2.33. The van der Waals surface area contributed by atoms with Crippen LogP contribution in [0, 0.1) is 0 Å². The van der Waals surface area contributed by atoms with Crippen LogP contribution in [0.15, 0.2) is 0 Å². The van der Waals surface area contributed by atoms with Crippen molar-refractivity contribution in [3.63, 3.8) is 0 Å². The van der Waals surface area contributed by atoms with Gasteiger partial charge in [0.2, 0.25) is 0 Å². The first kappa shape index (κ1) is 110. The Morgan fingerprint density at radius 1 is 0.155 bits per heavy atom. The number of rotatable bonds is 90. The fourth-order valence-corrected chi connectivity index (χ4v) is 20.5. The average molecular weight is 1720 g/mol. The molecule has 110 heavy (non-hydrogen) atoms. The van der Waals surface area contributed by atoms with Gasteiger partial charge in [-0.15, -0.1) is 0 Å². The zero-order valence-corrected chi connectivity index (χ0v) is 80.2. The average Bonchev–Trinajstić information content (AvgIpc) is 0.933. The van der Waals surface area contributed by atoms with E-state index in [9.17, 15) is 28.8 Å². The molecule has 0 saturated heterocycles. The summed E-state index contributed by atoms with van der Waals surface area (Å²) in [6.07, 6.45) is 98.6. The van der Waals surface area contributed by atoms with Crippen LogP contribution in [0.2, 0.25) is 0 Å². The zero-order valence-electron chi connectivity index (χ0n) is 74.5. The first-order valence-corrected chi connectivity index (χ1v) is 56.2. The fraction of sp³-hybridized carbons (Fsp3) is 0.938. The van der Waals surface area contributed by atoms with Crippen molar-refractivity contribution in [2.75, 3.05) is 0 Å². The van der Waals surface area contributed by atoms with Crippen LogP contribution in [0.4, 0.5) is 0 Å². The van der Waals surface area contributed by atoms with Crippen molar-refractivity contribution in [1.82, 2.24) is 0 Å². The van der Waals surface area contributed by atoms with Crippen molar-refractivity contribution in [2.24, 2.45) is 0 Å². The minimum Gasteiger partial charge on any atom is -0.0654 e. The zero-order chi connectivity index (χ0) is 80.3. The molecule has 0 aliphatic heterocycles. The third-order valence-corrected chi connectivity index (χ3v) is 29.0. The molecule has 0 heterocycles. The smallest absolute Gasteiger partial charge is 0.0654 e. The van der Waals surface area contributed by atoms with Crippen LogP contribution in [0.25, 0.3) is 0 Å². The Bertz CT molecular complexity index is 1570. The van der Waals surface area contributed by atoms with Crippen molar-refractivity contribution in [3.05, 3.63) is 0 Å². The van der Waals surface area contributed by atoms with E-state index in [2.05, 4.69) is 41.5 Å². The Morgan fingerprint density at radius 2 is 0.255 bits per heavy atom. The second-order valence-electron chi connectivity index (χ2n) is 33.5. The summed E-state index contributed by atoms with van der Waals surface area (Å²) in [5.41, 5.74) is 0. The standard InChI is InChI=1S/6C16H32O2.Ga.In/c6*1-2-3-4-5-6-7-8-9-10-11-12-13-14-15-16(17)18;;/h6*2-15H2,1H3,(H,17,18);;/q;;;;;;2*+3/p-6. The third kappa shape index (κ3) is 93.5. The SMILES string of the molecule is CCCCCCCCCCCCCCCC(=O)[O][Ga]([O]C(=O)CCCCCCCCCCCCCCC)[O]C(=O)CCCCCCCCCCCCCCC.CCCCCCCCCCCCCCCC(=O)[O][In]([O]C(=O)CCCCCCCCCCCCCCC)[O]C(=O)CCCCCCCCCCCCCCC. The molecule has 0 aromatic rings. The van der Waals surface area contributed by atoms with Crippen LogP contribution in [-0.2, 0) is 47.9 Å². The molecular formula is C96H186GaInO12. The molecule has 12 nitrogen and oxygen atoms in total. The van der Waals surface area contributed by atoms with Gasteiger partial charge in [0, 0.05) is 0 Å². The van der Waals surface area contributed by atoms with Crippen molar-refractivity contribution in [3.8, 4) is 0 Å². The molecule has 0 aromatic heterocycles. The maximum absolute atomic E-state index is 12.7. The Hall–Kier alpha value is -1.67. The molecule has 648 valence electrons. The van der Waals surface area contributed by atoms with Gasteiger partial charge in [0.1, 0.15) is 0 Å². The predicted molar refractivity (Wildman–Crippen MR) is 470 cm³/mol. The summed E-state index contributed by atoms with van der Waals surface area (Å²) in [5, 5.41) is 0. The molecule has 0 aliphatic rings. The quantitative estimate of drug-likeness (QED) is 0.0420. The van der Waals surface area contributed by atoms with Crippen molar-refractivity contribution >= 4 is 75.9 Å². The Kier molecular flexibility index (Phi) is 96.5. The Morgan fingerprint density at radius 3 is 0.373 bits per heavy atom. The van der Waals surface area contributed by atoms with Gasteiger partial charge in [-0.1, -0.05) is 196 Å². The molecule has 0 fully saturated rings. The van der Waals surface area contributed by atoms with Crippen LogP contribution in [-0.4, -0.2) is 75.9 Å². The van der Waals surface area contributed by atoms with E-state index in [1.54, 1.807) is 0 Å². The third-order valence-electron chi connectivity index (χ3n) is 22.3. The van der Waals surface area contributed by atoms with E-state index >= 15 is 0 Å². The molecule has 0 rings (SSSR count). The van der Waals surface area contributed by atoms with Gasteiger partial charge in [-0.25, -0.2) is 0 Å². The summed E-state index contributed by atoms with van der Waals surface area (Å²) in [7, 11) is 0. The van der Waals surface area contributed by atoms with E-state index < -0.39 is 58.0 Å². The number of unbranched alkanes of at least 4 members (excludes halogenated alkanes) is 72. The van der Waals surface area contributed by atoms with Gasteiger partial charge in [-0.2, -0.15) is 0 Å². The van der Waals surface area contributed by atoms with Crippen LogP contribution in [0.5, 0.6) is 0 Å². The molecule has 0 amide bonds. The first-order chi connectivity index (χ1) is 54.1. The summed E-state index contributed by atoms with van der Waals surface area (Å²) >= 11 is -7.88. The topological polar surface area (TPSA) is 158 Å². The van der Waals surface area contributed by atoms with E-state index in [0.29, 0.717) is 0 Å². The van der Waals surface area contributed by atoms with Gasteiger partial charge in [0.05, 0.1) is 0 Å². The molecule has 0 aromatic carbocycles. The Labute approximate surface area is 699 Å². The van der Waals surface area contributed by atoms with Gasteiger partial charge in [-0.05, 0) is 0 Å². The number of hydrogen-bond acceptors (Lipinski definition) is 12. The summed E-state index contributed by atoms with van der Waals surface area (Å²) in [4.78, 5) is 76.4. The van der Waals surface area contributed by atoms with E-state index in [4.69, 9.17) is 19.2 Å². The second kappa shape index (κ2) is 96.2. The van der Waals surface area contributed by atoms with Crippen LogP contribution >= 0.6 is 0 Å². The van der Waals surface area contributed by atoms with Crippen LogP contribution in [0.1, 0.15) is 581 Å². The molecule has 0 unspecified atom stereocenters. The fourth-order valence-electron chi connectivity index (χ4n) is 14.9. The normalized spacial score (nSPS) is 11.2. The number of hydrogen-bond donors (Lipinski definition) is 0. The summed E-state index contributed by atoms with van der Waals surface area (Å²) in [6, 6.07) is 0. The molecule has 0 bridgehead atoms. The summed E-state index contributed by atoms with van der Waals surface area (Å²) < 4.78 is 33.7. The minimum absolute atomic E-state index is 0.284. The molecular weight excluding hydrogens is 1530 g/mol. The molecule has 0 N–H and O–H groups in total. The van der Waals surface area contributed by atoms with E-state index in [0.717, 1.165) is 116 Å². The van der Waals surface area contributed by atoms with Gasteiger partial charge in [0.25, 0.3) is 0 Å². The van der Waals surface area contributed by atoms with Gasteiger partial charge in [-0.3, -0.25) is 0 Å². The van der Waals surface area contributed by atoms with Gasteiger partial charge in [0.15, 0.2) is 0 Å². The van der Waals surface area contributed by atoms with Crippen molar-refractivity contribution < 1.29 is 47.9 Å². The Balaban J connectivity index is 0. The van der Waals surface area contributed by atoms with E-state index in [-0.39, 0.29) is 56.4 Å². The molecule has 0 atom stereocenters. The van der Waals surface area contributed by atoms with Crippen LogP contribution in [0.3, 0.4) is 0 Å². The second-order valence-corrected chi connectivity index (χ2v) is 39.8. The summed E-state index contributed by atoms with van der Waals surface area (Å²) in [6.45, 7) is 13.6. The number of carbonyl (C=O) groups excluding carboxylic acids is 6.